The van der Waals surface area contributed by atoms with Crippen LogP contribution in [0.5, 0.6) is 0 Å². The molecule has 0 radical (unpaired) electrons. The summed E-state index contributed by atoms with van der Waals surface area (Å²) in [7, 11) is 0. The Labute approximate surface area is 145 Å². The lowest BCUT2D eigenvalue weighted by Crippen LogP contribution is -2.44. The molecule has 1 aliphatic carbocycles. The molecule has 2 aromatic heterocycles. The number of nitrogens with one attached hydrogen (secondary N) is 1. The van der Waals surface area contributed by atoms with Crippen LogP contribution >= 0.6 is 0 Å². The first-order valence-electron chi connectivity index (χ1n) is 8.96. The van der Waals surface area contributed by atoms with Crippen molar-refractivity contribution in [3.63, 3.8) is 0 Å². The summed E-state index contributed by atoms with van der Waals surface area (Å²) in [6.07, 6.45) is 2.98. The number of imidazole rings is 1. The zero-order valence-corrected chi connectivity index (χ0v) is 14.1. The number of fused-ring (bicyclic) bond motifs is 4. The van der Waals surface area contributed by atoms with Crippen LogP contribution in [0.1, 0.15) is 27.9 Å². The number of hydrogen-bond donors (Lipinski definition) is 2. The number of carbonyl (C=O) groups is 1. The van der Waals surface area contributed by atoms with E-state index in [0.717, 1.165) is 62.0 Å². The van der Waals surface area contributed by atoms with Crippen molar-refractivity contribution in [1.82, 2.24) is 14.7 Å². The van der Waals surface area contributed by atoms with Crippen molar-refractivity contribution < 1.29 is 4.79 Å². The Bertz CT molecular complexity index is 1000. The molecular weight excluding hydrogens is 314 g/mol. The third-order valence-corrected chi connectivity index (χ3v) is 5.45. The summed E-state index contributed by atoms with van der Waals surface area (Å²) in [5.41, 5.74) is 11.5. The van der Waals surface area contributed by atoms with Crippen molar-refractivity contribution in [2.45, 2.75) is 19.3 Å². The van der Waals surface area contributed by atoms with Crippen LogP contribution in [0.3, 0.4) is 0 Å². The van der Waals surface area contributed by atoms with Gasteiger partial charge in [-0.3, -0.25) is 9.20 Å². The molecule has 6 heteroatoms. The molecule has 25 heavy (non-hydrogen) atoms. The highest BCUT2D eigenvalue weighted by molar-refractivity contribution is 6.03. The number of para-hydroxylation sites is 2. The van der Waals surface area contributed by atoms with Crippen LogP contribution in [0.25, 0.3) is 16.7 Å². The van der Waals surface area contributed by atoms with Gasteiger partial charge in [-0.05, 0) is 42.5 Å². The second-order valence-electron chi connectivity index (χ2n) is 6.87. The first-order chi connectivity index (χ1) is 12.3. The van der Waals surface area contributed by atoms with Crippen LogP contribution in [0, 0.1) is 0 Å². The number of benzene rings is 1. The Morgan fingerprint density at radius 3 is 2.68 bits per heavy atom. The maximum atomic E-state index is 12.3. The number of nitrogens with two attached hydrogens (primary N) is 1. The lowest BCUT2D eigenvalue weighted by molar-refractivity contribution is 0.100. The summed E-state index contributed by atoms with van der Waals surface area (Å²) in [4.78, 5) is 19.5. The molecule has 0 spiro atoms. The van der Waals surface area contributed by atoms with Gasteiger partial charge in [-0.1, -0.05) is 12.1 Å². The molecule has 3 N–H and O–H groups in total. The molecule has 0 unspecified atom stereocenters. The monoisotopic (exact) mass is 335 g/mol. The smallest absolute Gasteiger partial charge is 0.252 e. The van der Waals surface area contributed by atoms with Gasteiger partial charge in [0.2, 0.25) is 0 Å². The molecule has 0 saturated carbocycles. The summed E-state index contributed by atoms with van der Waals surface area (Å²) in [5, 5.41) is 3.42. The molecule has 0 bridgehead atoms. The average molecular weight is 335 g/mol. The van der Waals surface area contributed by atoms with E-state index in [1.54, 1.807) is 0 Å². The number of amides is 1. The highest BCUT2D eigenvalue weighted by atomic mass is 16.1. The Morgan fingerprint density at radius 2 is 1.88 bits per heavy atom. The summed E-state index contributed by atoms with van der Waals surface area (Å²) in [5.74, 6) is 0.841. The molecule has 1 aromatic carbocycles. The van der Waals surface area contributed by atoms with E-state index in [9.17, 15) is 4.79 Å². The number of anilines is 1. The quantitative estimate of drug-likeness (QED) is 0.744. The summed E-state index contributed by atoms with van der Waals surface area (Å²) in [6.45, 7) is 3.87. The van der Waals surface area contributed by atoms with Gasteiger partial charge in [0, 0.05) is 26.2 Å². The summed E-state index contributed by atoms with van der Waals surface area (Å²) < 4.78 is 2.17. The van der Waals surface area contributed by atoms with E-state index in [2.05, 4.69) is 20.7 Å². The highest BCUT2D eigenvalue weighted by Gasteiger charge is 2.30. The fourth-order valence-electron chi connectivity index (χ4n) is 4.41. The van der Waals surface area contributed by atoms with Crippen molar-refractivity contribution in [1.29, 1.82) is 0 Å². The van der Waals surface area contributed by atoms with E-state index < -0.39 is 0 Å². The van der Waals surface area contributed by atoms with Crippen LogP contribution in [0.4, 0.5) is 5.82 Å². The molecule has 2 aliphatic rings. The largest absolute Gasteiger partial charge is 0.365 e. The van der Waals surface area contributed by atoms with E-state index in [-0.39, 0.29) is 5.91 Å². The number of primary amides is 1. The number of aromatic nitrogens is 2. The van der Waals surface area contributed by atoms with Gasteiger partial charge in [0.15, 0.2) is 5.65 Å². The Hall–Kier alpha value is -2.60. The number of piperazine rings is 1. The first-order valence-corrected chi connectivity index (χ1v) is 8.96. The van der Waals surface area contributed by atoms with Gasteiger partial charge in [0.05, 0.1) is 16.6 Å². The van der Waals surface area contributed by atoms with Crippen LogP contribution in [-0.4, -0.2) is 41.5 Å². The SMILES string of the molecule is NC(=O)c1c2c(c(N3CCNCC3)n3c1nc1ccccc13)CCC2. The van der Waals surface area contributed by atoms with Crippen LogP contribution in [0.2, 0.25) is 0 Å². The lowest BCUT2D eigenvalue weighted by atomic mass is 10.0. The van der Waals surface area contributed by atoms with E-state index in [1.165, 1.54) is 11.4 Å². The minimum absolute atomic E-state index is 0.370. The van der Waals surface area contributed by atoms with Gasteiger partial charge in [-0.2, -0.15) is 0 Å². The number of rotatable bonds is 2. The van der Waals surface area contributed by atoms with E-state index in [4.69, 9.17) is 10.7 Å². The third-order valence-electron chi connectivity index (χ3n) is 5.45. The summed E-state index contributed by atoms with van der Waals surface area (Å²) in [6, 6.07) is 8.08. The van der Waals surface area contributed by atoms with Crippen molar-refractivity contribution in [3.8, 4) is 0 Å². The molecule has 1 fully saturated rings. The molecule has 5 rings (SSSR count). The maximum absolute atomic E-state index is 12.3. The van der Waals surface area contributed by atoms with Gasteiger partial charge in [0.1, 0.15) is 5.82 Å². The topological polar surface area (TPSA) is 75.7 Å². The number of pyridine rings is 1. The van der Waals surface area contributed by atoms with Crippen molar-refractivity contribution in [3.05, 3.63) is 41.0 Å². The van der Waals surface area contributed by atoms with Crippen molar-refractivity contribution in [2.75, 3.05) is 31.1 Å². The molecular formula is C19H21N5O. The van der Waals surface area contributed by atoms with Crippen molar-refractivity contribution in [2.24, 2.45) is 5.73 Å². The van der Waals surface area contributed by atoms with E-state index >= 15 is 0 Å². The van der Waals surface area contributed by atoms with Crippen LogP contribution in [0.15, 0.2) is 24.3 Å². The lowest BCUT2D eigenvalue weighted by Gasteiger charge is -2.32. The van der Waals surface area contributed by atoms with Gasteiger partial charge >= 0.3 is 0 Å². The Kier molecular flexibility index (Phi) is 3.21. The van der Waals surface area contributed by atoms with Crippen molar-refractivity contribution >= 4 is 28.4 Å². The molecule has 6 nitrogen and oxygen atoms in total. The fourth-order valence-corrected chi connectivity index (χ4v) is 4.41. The Morgan fingerprint density at radius 1 is 1.12 bits per heavy atom. The van der Waals surface area contributed by atoms with Gasteiger partial charge < -0.3 is 16.0 Å². The zero-order chi connectivity index (χ0) is 17.0. The fraction of sp³-hybridized carbons (Fsp3) is 0.368. The van der Waals surface area contributed by atoms with Gasteiger partial charge in [-0.25, -0.2) is 4.98 Å². The molecule has 3 heterocycles. The minimum Gasteiger partial charge on any atom is -0.365 e. The van der Waals surface area contributed by atoms with Gasteiger partial charge in [0.25, 0.3) is 5.91 Å². The van der Waals surface area contributed by atoms with Crippen LogP contribution < -0.4 is 16.0 Å². The minimum atomic E-state index is -0.370. The molecule has 128 valence electrons. The standard InChI is InChI=1S/C19H21N5O/c20-17(25)16-12-4-3-5-13(12)19(23-10-8-21-9-11-23)24-15-7-2-1-6-14(15)22-18(16)24/h1-2,6-7,21H,3-5,8-11H2,(H2,20,25). The predicted molar refractivity (Wildman–Crippen MR) is 98.3 cm³/mol. The number of hydrogen-bond acceptors (Lipinski definition) is 4. The van der Waals surface area contributed by atoms with Gasteiger partial charge in [-0.15, -0.1) is 0 Å². The predicted octanol–water partition coefficient (Wildman–Crippen LogP) is 1.48. The third kappa shape index (κ3) is 2.07. The molecule has 3 aromatic rings. The van der Waals surface area contributed by atoms with E-state index in [0.29, 0.717) is 11.2 Å². The summed E-state index contributed by atoms with van der Waals surface area (Å²) >= 11 is 0. The second kappa shape index (κ2) is 5.46. The Balaban J connectivity index is 1.94. The zero-order valence-electron chi connectivity index (χ0n) is 14.1. The molecule has 1 amide bonds. The molecule has 0 atom stereocenters. The first kappa shape index (κ1) is 14.7. The molecule has 1 aliphatic heterocycles. The normalized spacial score (nSPS) is 17.4. The maximum Gasteiger partial charge on any atom is 0.252 e. The highest BCUT2D eigenvalue weighted by Crippen LogP contribution is 2.38. The van der Waals surface area contributed by atoms with Crippen LogP contribution in [-0.2, 0) is 12.8 Å². The average Bonchev–Trinajstić information content (AvgIpc) is 3.24. The second-order valence-corrected chi connectivity index (χ2v) is 6.87. The molecule has 1 saturated heterocycles. The van der Waals surface area contributed by atoms with E-state index in [1.807, 2.05) is 18.2 Å². The number of nitrogens with zero attached hydrogens (tertiary/aromatic N) is 3. The number of carbonyl (C=O) groups excluding carboxylic acids is 1.